The molecule has 0 bridgehead atoms. The zero-order valence-corrected chi connectivity index (χ0v) is 15.5. The number of benzene rings is 1. The summed E-state index contributed by atoms with van der Waals surface area (Å²) in [7, 11) is 0. The van der Waals surface area contributed by atoms with E-state index < -0.39 is 5.91 Å². The van der Waals surface area contributed by atoms with Crippen LogP contribution in [-0.4, -0.2) is 55.1 Å². The third-order valence-electron chi connectivity index (χ3n) is 4.38. The van der Waals surface area contributed by atoms with Crippen molar-refractivity contribution < 1.29 is 23.5 Å². The molecule has 7 nitrogen and oxygen atoms in total. The Kier molecular flexibility index (Phi) is 8.03. The number of hydrogen-bond acceptors (Lipinski definition) is 4. The Labute approximate surface area is 158 Å². The maximum absolute atomic E-state index is 13.5. The average molecular weight is 379 g/mol. The SMILES string of the molecule is CCOC(=O)N1CCC(NC(=O)CC(=O)NCCc2ccccc2F)CC1. The monoisotopic (exact) mass is 379 g/mol. The first-order valence-electron chi connectivity index (χ1n) is 9.20. The van der Waals surface area contributed by atoms with Crippen LogP contribution in [0.5, 0.6) is 0 Å². The molecule has 0 saturated carbocycles. The molecule has 1 aromatic rings. The van der Waals surface area contributed by atoms with E-state index in [1.807, 2.05) is 0 Å². The summed E-state index contributed by atoms with van der Waals surface area (Å²) in [4.78, 5) is 37.1. The largest absolute Gasteiger partial charge is 0.450 e. The van der Waals surface area contributed by atoms with Crippen LogP contribution in [0.1, 0.15) is 31.7 Å². The molecule has 3 amide bonds. The molecule has 0 spiro atoms. The molecule has 2 N–H and O–H groups in total. The Morgan fingerprint density at radius 1 is 1.19 bits per heavy atom. The first-order chi connectivity index (χ1) is 13.0. The van der Waals surface area contributed by atoms with Crippen LogP contribution in [0.25, 0.3) is 0 Å². The quantitative estimate of drug-likeness (QED) is 0.705. The molecule has 2 rings (SSSR count). The molecule has 8 heteroatoms. The molecule has 1 heterocycles. The maximum Gasteiger partial charge on any atom is 0.409 e. The highest BCUT2D eigenvalue weighted by atomic mass is 19.1. The molecule has 0 unspecified atom stereocenters. The van der Waals surface area contributed by atoms with Crippen molar-refractivity contribution in [1.82, 2.24) is 15.5 Å². The number of nitrogens with zero attached hydrogens (tertiary/aromatic N) is 1. The van der Waals surface area contributed by atoms with Gasteiger partial charge in [0.05, 0.1) is 6.61 Å². The van der Waals surface area contributed by atoms with Crippen molar-refractivity contribution in [1.29, 1.82) is 0 Å². The third kappa shape index (κ3) is 6.88. The average Bonchev–Trinajstić information content (AvgIpc) is 2.64. The van der Waals surface area contributed by atoms with E-state index in [9.17, 15) is 18.8 Å². The van der Waals surface area contributed by atoms with Gasteiger partial charge in [-0.1, -0.05) is 18.2 Å². The summed E-state index contributed by atoms with van der Waals surface area (Å²) in [5, 5.41) is 5.45. The topological polar surface area (TPSA) is 87.7 Å². The lowest BCUT2D eigenvalue weighted by Gasteiger charge is -2.31. The number of hydrogen-bond donors (Lipinski definition) is 2. The number of nitrogens with one attached hydrogen (secondary N) is 2. The number of carbonyl (C=O) groups is 3. The van der Waals surface area contributed by atoms with Crippen LogP contribution in [0.15, 0.2) is 24.3 Å². The van der Waals surface area contributed by atoms with Gasteiger partial charge < -0.3 is 20.3 Å². The normalized spacial score (nSPS) is 14.5. The van der Waals surface area contributed by atoms with E-state index in [0.29, 0.717) is 44.5 Å². The highest BCUT2D eigenvalue weighted by Crippen LogP contribution is 2.11. The van der Waals surface area contributed by atoms with E-state index in [1.165, 1.54) is 6.07 Å². The molecule has 0 atom stereocenters. The third-order valence-corrected chi connectivity index (χ3v) is 4.38. The van der Waals surface area contributed by atoms with Gasteiger partial charge in [-0.15, -0.1) is 0 Å². The fourth-order valence-electron chi connectivity index (χ4n) is 2.95. The molecular weight excluding hydrogens is 353 g/mol. The van der Waals surface area contributed by atoms with Gasteiger partial charge in [0.25, 0.3) is 0 Å². The number of carbonyl (C=O) groups excluding carboxylic acids is 3. The maximum atomic E-state index is 13.5. The van der Waals surface area contributed by atoms with Gasteiger partial charge in [0.1, 0.15) is 12.2 Å². The highest BCUT2D eigenvalue weighted by Gasteiger charge is 2.24. The molecule has 1 fully saturated rings. The van der Waals surface area contributed by atoms with Crippen molar-refractivity contribution in [3.05, 3.63) is 35.6 Å². The number of rotatable bonds is 7. The van der Waals surface area contributed by atoms with E-state index >= 15 is 0 Å². The summed E-state index contributed by atoms with van der Waals surface area (Å²) in [6.45, 7) is 3.38. The predicted molar refractivity (Wildman–Crippen MR) is 97.5 cm³/mol. The first kappa shape index (κ1) is 20.7. The summed E-state index contributed by atoms with van der Waals surface area (Å²) >= 11 is 0. The van der Waals surface area contributed by atoms with E-state index in [1.54, 1.807) is 30.0 Å². The number of halogens is 1. The molecule has 1 saturated heterocycles. The van der Waals surface area contributed by atoms with Gasteiger partial charge in [-0.25, -0.2) is 9.18 Å². The zero-order valence-electron chi connectivity index (χ0n) is 15.5. The lowest BCUT2D eigenvalue weighted by molar-refractivity contribution is -0.129. The zero-order chi connectivity index (χ0) is 19.6. The molecular formula is C19H26FN3O4. The van der Waals surface area contributed by atoms with Crippen LogP contribution in [0.3, 0.4) is 0 Å². The van der Waals surface area contributed by atoms with Crippen LogP contribution in [0.4, 0.5) is 9.18 Å². The minimum absolute atomic E-state index is 0.0607. The van der Waals surface area contributed by atoms with Crippen molar-refractivity contribution >= 4 is 17.9 Å². The molecule has 1 aliphatic heterocycles. The van der Waals surface area contributed by atoms with Crippen LogP contribution in [0, 0.1) is 5.82 Å². The van der Waals surface area contributed by atoms with E-state index in [2.05, 4.69) is 10.6 Å². The minimum Gasteiger partial charge on any atom is -0.450 e. The summed E-state index contributed by atoms with van der Waals surface area (Å²) in [6, 6.07) is 6.32. The van der Waals surface area contributed by atoms with Crippen LogP contribution in [0.2, 0.25) is 0 Å². The Morgan fingerprint density at radius 2 is 1.89 bits per heavy atom. The molecule has 0 radical (unpaired) electrons. The van der Waals surface area contributed by atoms with Crippen molar-refractivity contribution in [2.45, 2.75) is 38.6 Å². The van der Waals surface area contributed by atoms with E-state index in [0.717, 1.165) is 0 Å². The summed E-state index contributed by atoms with van der Waals surface area (Å²) in [5.74, 6) is -1.06. The fourth-order valence-corrected chi connectivity index (χ4v) is 2.95. The Bertz CT molecular complexity index is 660. The van der Waals surface area contributed by atoms with Gasteiger partial charge in [0.15, 0.2) is 0 Å². The first-order valence-corrected chi connectivity index (χ1v) is 9.20. The smallest absolute Gasteiger partial charge is 0.409 e. The van der Waals surface area contributed by atoms with Crippen molar-refractivity contribution in [3.8, 4) is 0 Å². The second-order valence-corrected chi connectivity index (χ2v) is 6.40. The highest BCUT2D eigenvalue weighted by molar-refractivity contribution is 5.96. The Hall–Kier alpha value is -2.64. The summed E-state index contributed by atoms with van der Waals surface area (Å²) in [5.41, 5.74) is 0.524. The lowest BCUT2D eigenvalue weighted by Crippen LogP contribution is -2.47. The van der Waals surface area contributed by atoms with Gasteiger partial charge in [0, 0.05) is 25.7 Å². The van der Waals surface area contributed by atoms with Crippen LogP contribution >= 0.6 is 0 Å². The molecule has 0 aromatic heterocycles. The fraction of sp³-hybridized carbons (Fsp3) is 0.526. The molecule has 27 heavy (non-hydrogen) atoms. The lowest BCUT2D eigenvalue weighted by atomic mass is 10.1. The van der Waals surface area contributed by atoms with Gasteiger partial charge >= 0.3 is 6.09 Å². The van der Waals surface area contributed by atoms with Crippen molar-refractivity contribution in [2.75, 3.05) is 26.2 Å². The molecule has 1 aromatic carbocycles. The van der Waals surface area contributed by atoms with Gasteiger partial charge in [-0.05, 0) is 37.8 Å². The number of ether oxygens (including phenoxy) is 1. The van der Waals surface area contributed by atoms with Crippen LogP contribution < -0.4 is 10.6 Å². The second-order valence-electron chi connectivity index (χ2n) is 6.40. The number of piperidine rings is 1. The predicted octanol–water partition coefficient (Wildman–Crippen LogP) is 1.61. The second kappa shape index (κ2) is 10.5. The van der Waals surface area contributed by atoms with Gasteiger partial charge in [-0.2, -0.15) is 0 Å². The van der Waals surface area contributed by atoms with E-state index in [-0.39, 0.29) is 36.8 Å². The van der Waals surface area contributed by atoms with Gasteiger partial charge in [-0.3, -0.25) is 9.59 Å². The molecule has 148 valence electrons. The van der Waals surface area contributed by atoms with Crippen molar-refractivity contribution in [2.24, 2.45) is 0 Å². The Morgan fingerprint density at radius 3 is 2.56 bits per heavy atom. The minimum atomic E-state index is -0.396. The van der Waals surface area contributed by atoms with Crippen LogP contribution in [-0.2, 0) is 20.7 Å². The molecule has 0 aliphatic carbocycles. The van der Waals surface area contributed by atoms with E-state index in [4.69, 9.17) is 4.74 Å². The Balaban J connectivity index is 1.63. The number of amides is 3. The molecule has 1 aliphatic rings. The van der Waals surface area contributed by atoms with Gasteiger partial charge in [0.2, 0.25) is 11.8 Å². The standard InChI is InChI=1S/C19H26FN3O4/c1-2-27-19(26)23-11-8-15(9-12-23)22-18(25)13-17(24)21-10-7-14-5-3-4-6-16(14)20/h3-6,15H,2,7-13H2,1H3,(H,21,24)(H,22,25). The summed E-state index contributed by atoms with van der Waals surface area (Å²) < 4.78 is 18.4. The van der Waals surface area contributed by atoms with Crippen molar-refractivity contribution in [3.63, 3.8) is 0 Å². The number of likely N-dealkylation sites (tertiary alicyclic amines) is 1. The summed E-state index contributed by atoms with van der Waals surface area (Å²) in [6.07, 6.45) is 1.01.